The van der Waals surface area contributed by atoms with E-state index in [1.807, 2.05) is 0 Å². The molecule has 0 aliphatic heterocycles. The van der Waals surface area contributed by atoms with Gasteiger partial charge in [0.1, 0.15) is 0 Å². The molecule has 3 N–H and O–H groups in total. The Labute approximate surface area is 180 Å². The summed E-state index contributed by atoms with van der Waals surface area (Å²) in [5, 5.41) is 9.13. The number of aromatic nitrogens is 4. The summed E-state index contributed by atoms with van der Waals surface area (Å²) in [4.78, 5) is 10.8. The number of nitrogens with zero attached hydrogens (tertiary/aromatic N) is 5. The molecule has 3 aromatic rings. The number of anilines is 1. The number of halogens is 3. The number of alkyl halides is 3. The van der Waals surface area contributed by atoms with Gasteiger partial charge >= 0.3 is 6.18 Å². The van der Waals surface area contributed by atoms with E-state index in [-0.39, 0.29) is 16.4 Å². The van der Waals surface area contributed by atoms with Crippen LogP contribution in [0, 0.1) is 23.7 Å². The number of nitrogen functional groups attached to an aromatic ring is 1. The summed E-state index contributed by atoms with van der Waals surface area (Å²) in [5.41, 5.74) is 5.91. The Morgan fingerprint density at radius 3 is 2.53 bits per heavy atom. The van der Waals surface area contributed by atoms with Gasteiger partial charge in [0, 0.05) is 17.3 Å². The molecule has 3 aliphatic carbocycles. The number of nitrogens with one attached hydrogen (secondary N) is 1. The first-order valence-corrected chi connectivity index (χ1v) is 11.0. The highest BCUT2D eigenvalue weighted by atomic mass is 32.2. The maximum absolute atomic E-state index is 13.0. The van der Waals surface area contributed by atoms with Crippen molar-refractivity contribution in [3.05, 3.63) is 35.8 Å². The lowest BCUT2D eigenvalue weighted by Crippen LogP contribution is -2.74. The van der Waals surface area contributed by atoms with Gasteiger partial charge in [-0.1, -0.05) is 6.07 Å². The van der Waals surface area contributed by atoms with Crippen LogP contribution in [0.25, 0.3) is 17.0 Å². The Kier molecular flexibility index (Phi) is 3.98. The molecule has 32 heavy (non-hydrogen) atoms. The Hall–Kier alpha value is -3.24. The number of nitriles is 1. The number of rotatable bonds is 4. The van der Waals surface area contributed by atoms with E-state index in [1.54, 1.807) is 13.0 Å². The SMILES string of the molecule is Cc1ccc(S(=O)(=O)NC23CC(C#N)(C2)C3)cc1-c1cn2c(N)nc(C(F)(F)F)nc2n1. The van der Waals surface area contributed by atoms with Crippen LogP contribution in [0.15, 0.2) is 29.3 Å². The van der Waals surface area contributed by atoms with Crippen LogP contribution in [0.3, 0.4) is 0 Å². The second-order valence-electron chi connectivity index (χ2n) is 8.48. The zero-order valence-corrected chi connectivity index (χ0v) is 17.4. The fourth-order valence-electron chi connectivity index (χ4n) is 4.56. The maximum atomic E-state index is 13.0. The normalized spacial score (nSPS) is 24.6. The summed E-state index contributed by atoms with van der Waals surface area (Å²) in [5.74, 6) is -2.16. The highest BCUT2D eigenvalue weighted by molar-refractivity contribution is 7.89. The van der Waals surface area contributed by atoms with E-state index in [2.05, 4.69) is 25.7 Å². The van der Waals surface area contributed by atoms with Crippen LogP contribution in [0.4, 0.5) is 19.1 Å². The van der Waals surface area contributed by atoms with E-state index in [1.165, 1.54) is 18.3 Å². The van der Waals surface area contributed by atoms with Gasteiger partial charge in [-0.3, -0.25) is 4.40 Å². The number of nitrogens with two attached hydrogens (primary N) is 1. The van der Waals surface area contributed by atoms with Crippen molar-refractivity contribution in [1.29, 1.82) is 5.26 Å². The van der Waals surface area contributed by atoms with Crippen LogP contribution in [0.5, 0.6) is 0 Å². The molecule has 6 rings (SSSR count). The fourth-order valence-corrected chi connectivity index (χ4v) is 5.98. The van der Waals surface area contributed by atoms with Crippen molar-refractivity contribution >= 4 is 21.7 Å². The lowest BCUT2D eigenvalue weighted by Gasteiger charge is -2.66. The third kappa shape index (κ3) is 3.01. The first-order chi connectivity index (χ1) is 14.9. The molecule has 0 spiro atoms. The summed E-state index contributed by atoms with van der Waals surface area (Å²) >= 11 is 0. The summed E-state index contributed by atoms with van der Waals surface area (Å²) < 4.78 is 68.6. The summed E-state index contributed by atoms with van der Waals surface area (Å²) in [7, 11) is -3.88. The zero-order chi connectivity index (χ0) is 23.1. The average molecular weight is 463 g/mol. The highest BCUT2D eigenvalue weighted by Crippen LogP contribution is 2.67. The summed E-state index contributed by atoms with van der Waals surface area (Å²) in [6.45, 7) is 1.72. The zero-order valence-electron chi connectivity index (χ0n) is 16.6. The topological polar surface area (TPSA) is 139 Å². The molecule has 2 heterocycles. The predicted molar refractivity (Wildman–Crippen MR) is 105 cm³/mol. The molecule has 3 fully saturated rings. The number of sulfonamides is 1. The maximum Gasteiger partial charge on any atom is 0.451 e. The second kappa shape index (κ2) is 6.17. The number of fused-ring (bicyclic) bond motifs is 1. The Morgan fingerprint density at radius 2 is 1.91 bits per heavy atom. The average Bonchev–Trinajstić information content (AvgIpc) is 3.07. The quantitative estimate of drug-likeness (QED) is 0.606. The van der Waals surface area contributed by atoms with Gasteiger partial charge in [-0.25, -0.2) is 18.1 Å². The molecule has 1 aromatic carbocycles. The van der Waals surface area contributed by atoms with Crippen molar-refractivity contribution in [2.75, 3.05) is 5.73 Å². The second-order valence-corrected chi connectivity index (χ2v) is 10.2. The van der Waals surface area contributed by atoms with Crippen molar-refractivity contribution in [3.8, 4) is 17.3 Å². The van der Waals surface area contributed by atoms with Crippen LogP contribution >= 0.6 is 0 Å². The van der Waals surface area contributed by atoms with E-state index >= 15 is 0 Å². The van der Waals surface area contributed by atoms with Gasteiger partial charge in [0.05, 0.1) is 22.1 Å². The number of aryl methyl sites for hydroxylation is 1. The van der Waals surface area contributed by atoms with E-state index in [0.717, 1.165) is 4.40 Å². The van der Waals surface area contributed by atoms with Gasteiger partial charge in [-0.15, -0.1) is 0 Å². The predicted octanol–water partition coefficient (Wildman–Crippen LogP) is 2.43. The molecule has 166 valence electrons. The molecule has 0 radical (unpaired) electrons. The van der Waals surface area contributed by atoms with Crippen LogP contribution in [-0.2, 0) is 16.2 Å². The number of imidazole rings is 1. The van der Waals surface area contributed by atoms with Crippen LogP contribution in [-0.4, -0.2) is 33.3 Å². The minimum absolute atomic E-state index is 0.0130. The number of benzene rings is 1. The molecule has 0 atom stereocenters. The molecule has 0 amide bonds. The van der Waals surface area contributed by atoms with Gasteiger partial charge in [0.2, 0.25) is 27.6 Å². The minimum Gasteiger partial charge on any atom is -0.369 e. The Morgan fingerprint density at radius 1 is 1.22 bits per heavy atom. The van der Waals surface area contributed by atoms with E-state index in [4.69, 9.17) is 11.0 Å². The van der Waals surface area contributed by atoms with Crippen molar-refractivity contribution in [3.63, 3.8) is 0 Å². The van der Waals surface area contributed by atoms with Gasteiger partial charge in [0.25, 0.3) is 0 Å². The van der Waals surface area contributed by atoms with E-state index in [9.17, 15) is 21.6 Å². The molecule has 9 nitrogen and oxygen atoms in total. The molecular formula is C19H16F3N7O2S. The molecule has 3 aliphatic rings. The largest absolute Gasteiger partial charge is 0.451 e. The third-order valence-electron chi connectivity index (χ3n) is 6.03. The van der Waals surface area contributed by atoms with E-state index in [0.29, 0.717) is 30.4 Å². The minimum atomic E-state index is -4.79. The van der Waals surface area contributed by atoms with Crippen molar-refractivity contribution in [2.45, 2.75) is 42.8 Å². The monoisotopic (exact) mass is 463 g/mol. The summed E-state index contributed by atoms with van der Waals surface area (Å²) in [6, 6.07) is 6.66. The Balaban J connectivity index is 1.51. The fraction of sp³-hybridized carbons (Fsp3) is 0.368. The van der Waals surface area contributed by atoms with Gasteiger partial charge in [-0.05, 0) is 43.9 Å². The molecule has 0 saturated heterocycles. The van der Waals surface area contributed by atoms with Crippen molar-refractivity contribution in [1.82, 2.24) is 24.1 Å². The lowest BCUT2D eigenvalue weighted by molar-refractivity contribution is -0.144. The summed E-state index contributed by atoms with van der Waals surface area (Å²) in [6.07, 6.45) is -1.97. The molecular weight excluding hydrogens is 447 g/mol. The first kappa shape index (κ1) is 20.7. The van der Waals surface area contributed by atoms with Gasteiger partial charge in [0.15, 0.2) is 0 Å². The highest BCUT2D eigenvalue weighted by Gasteiger charge is 2.69. The molecule has 0 unspecified atom stereocenters. The van der Waals surface area contributed by atoms with Gasteiger partial charge < -0.3 is 5.73 Å². The van der Waals surface area contributed by atoms with Crippen molar-refractivity contribution in [2.24, 2.45) is 5.41 Å². The molecule has 3 saturated carbocycles. The first-order valence-electron chi connectivity index (χ1n) is 9.52. The molecule has 13 heteroatoms. The number of hydrogen-bond donors (Lipinski definition) is 2. The van der Waals surface area contributed by atoms with E-state index < -0.39 is 38.9 Å². The van der Waals surface area contributed by atoms with Crippen LogP contribution in [0.2, 0.25) is 0 Å². The lowest BCUT2D eigenvalue weighted by atomic mass is 9.40. The Bertz CT molecular complexity index is 1420. The van der Waals surface area contributed by atoms with Gasteiger partial charge in [-0.2, -0.15) is 28.4 Å². The third-order valence-corrected chi connectivity index (χ3v) is 7.60. The smallest absolute Gasteiger partial charge is 0.369 e. The standard InChI is InChI=1S/C19H16F3N7O2S/c1-10-2-3-11(32(30,31)28-18-6-17(7-18,8-18)9-23)4-12(10)13-5-29-15(24)26-14(19(20,21)22)27-16(29)25-13/h2-5,28H,6-8H2,1H3,(H2,24,25,26,27). The van der Waals surface area contributed by atoms with Crippen LogP contribution < -0.4 is 10.5 Å². The van der Waals surface area contributed by atoms with Crippen molar-refractivity contribution < 1.29 is 21.6 Å². The molecule has 2 aromatic heterocycles. The number of hydrogen-bond acceptors (Lipinski definition) is 7. The molecule has 2 bridgehead atoms. The van der Waals surface area contributed by atoms with Crippen LogP contribution in [0.1, 0.15) is 30.7 Å².